The standard InChI is InChI=1S/C31H53NO4.CH4O/c1-8-9-16-28-31(36-28)30(32-21-22(2)3)26(7)15-11-14-25(6)19-24(5)13-10-12-23(4)17-18-27(33)20-29(34)35;1-2/h10-11,13-15,23-24,26-28,30-33H,2,8-9,12,16-21H2,1,3-7H3,(H,34,35);2H,1H3/b13-10+,15-11+,25-14+;. The van der Waals surface area contributed by atoms with E-state index in [1.54, 1.807) is 0 Å². The maximum Gasteiger partial charge on any atom is 0.305 e. The van der Waals surface area contributed by atoms with E-state index in [1.807, 2.05) is 0 Å². The van der Waals surface area contributed by atoms with E-state index < -0.39 is 12.1 Å². The minimum Gasteiger partial charge on any atom is -0.481 e. The number of carboxylic acid groups (broad SMARTS) is 1. The normalized spacial score (nSPS) is 21.4. The van der Waals surface area contributed by atoms with Crippen LogP contribution in [0, 0.1) is 17.8 Å². The molecule has 0 aromatic carbocycles. The molecule has 38 heavy (non-hydrogen) atoms. The summed E-state index contributed by atoms with van der Waals surface area (Å²) in [4.78, 5) is 10.6. The number of carboxylic acids is 1. The van der Waals surface area contributed by atoms with Crippen molar-refractivity contribution in [1.82, 2.24) is 5.32 Å². The number of unbranched alkanes of at least 4 members (excludes halogenated alkanes) is 1. The van der Waals surface area contributed by atoms with Gasteiger partial charge in [0.25, 0.3) is 0 Å². The van der Waals surface area contributed by atoms with Gasteiger partial charge in [-0.3, -0.25) is 4.79 Å². The van der Waals surface area contributed by atoms with Gasteiger partial charge >= 0.3 is 5.97 Å². The van der Waals surface area contributed by atoms with Crippen molar-refractivity contribution >= 4 is 5.97 Å². The average molecular weight is 536 g/mol. The van der Waals surface area contributed by atoms with Crippen molar-refractivity contribution in [3.05, 3.63) is 48.1 Å². The zero-order valence-electron chi connectivity index (χ0n) is 25.2. The topological polar surface area (TPSA) is 102 Å². The Morgan fingerprint density at radius 1 is 1.11 bits per heavy atom. The highest BCUT2D eigenvalue weighted by Gasteiger charge is 2.45. The van der Waals surface area contributed by atoms with E-state index in [-0.39, 0.29) is 6.42 Å². The number of hydrogen-bond donors (Lipinski definition) is 4. The molecule has 7 unspecified atom stereocenters. The first-order chi connectivity index (χ1) is 18.0. The molecule has 1 aliphatic heterocycles. The fourth-order valence-corrected chi connectivity index (χ4v) is 4.60. The number of epoxide rings is 1. The van der Waals surface area contributed by atoms with Gasteiger partial charge in [-0.15, -0.1) is 0 Å². The monoisotopic (exact) mass is 535 g/mol. The molecule has 0 bridgehead atoms. The summed E-state index contributed by atoms with van der Waals surface area (Å²) in [5, 5.41) is 29.1. The minimum atomic E-state index is -0.941. The lowest BCUT2D eigenvalue weighted by atomic mass is 9.94. The number of ether oxygens (including phenoxy) is 1. The van der Waals surface area contributed by atoms with Gasteiger partial charge in [0.2, 0.25) is 0 Å². The van der Waals surface area contributed by atoms with Gasteiger partial charge in [-0.2, -0.15) is 0 Å². The van der Waals surface area contributed by atoms with Crippen LogP contribution in [-0.4, -0.2) is 59.3 Å². The van der Waals surface area contributed by atoms with E-state index >= 15 is 0 Å². The number of carbonyl (C=O) groups is 1. The summed E-state index contributed by atoms with van der Waals surface area (Å²) in [5.41, 5.74) is 2.50. The molecular formula is C32H57NO5. The van der Waals surface area contributed by atoms with E-state index in [2.05, 4.69) is 83.8 Å². The van der Waals surface area contributed by atoms with E-state index in [9.17, 15) is 9.90 Å². The lowest BCUT2D eigenvalue weighted by molar-refractivity contribution is -0.139. The first kappa shape index (κ1) is 36.3. The smallest absolute Gasteiger partial charge is 0.305 e. The Hall–Kier alpha value is -1.73. The second-order valence-corrected chi connectivity index (χ2v) is 11.2. The Morgan fingerprint density at radius 3 is 2.39 bits per heavy atom. The van der Waals surface area contributed by atoms with E-state index in [1.165, 1.54) is 18.4 Å². The van der Waals surface area contributed by atoms with Crippen LogP contribution >= 0.6 is 0 Å². The summed E-state index contributed by atoms with van der Waals surface area (Å²) in [7, 11) is 1.00. The SMILES string of the molecule is C=C(C)CNC(C(C)/C=C/C=C(\C)CC(C)/C=C/CC(C)CCC(O)CC(=O)O)C1OC1CCCC.CO. The predicted octanol–water partition coefficient (Wildman–Crippen LogP) is 6.45. The van der Waals surface area contributed by atoms with Crippen molar-refractivity contribution in [3.8, 4) is 0 Å². The highest BCUT2D eigenvalue weighted by Crippen LogP contribution is 2.33. The zero-order chi connectivity index (χ0) is 29.1. The molecule has 1 fully saturated rings. The minimum absolute atomic E-state index is 0.169. The molecule has 1 rings (SSSR count). The molecule has 1 heterocycles. The van der Waals surface area contributed by atoms with Crippen molar-refractivity contribution in [1.29, 1.82) is 0 Å². The summed E-state index contributed by atoms with van der Waals surface area (Å²) in [5.74, 6) is 0.323. The Labute approximate surface area is 233 Å². The quantitative estimate of drug-likeness (QED) is 0.0812. The van der Waals surface area contributed by atoms with Crippen molar-refractivity contribution in [2.75, 3.05) is 13.7 Å². The van der Waals surface area contributed by atoms with Crippen LogP contribution in [0.15, 0.2) is 48.1 Å². The van der Waals surface area contributed by atoms with Gasteiger partial charge in [-0.05, 0) is 63.7 Å². The highest BCUT2D eigenvalue weighted by molar-refractivity contribution is 5.67. The summed E-state index contributed by atoms with van der Waals surface area (Å²) in [6.07, 6.45) is 17.9. The van der Waals surface area contributed by atoms with E-state index in [0.717, 1.165) is 44.9 Å². The van der Waals surface area contributed by atoms with Crippen LogP contribution in [0.3, 0.4) is 0 Å². The fourth-order valence-electron chi connectivity index (χ4n) is 4.60. The van der Waals surface area contributed by atoms with Gasteiger partial charge < -0.3 is 25.4 Å². The van der Waals surface area contributed by atoms with Gasteiger partial charge in [-0.1, -0.05) is 88.6 Å². The molecule has 7 atom stereocenters. The lowest BCUT2D eigenvalue weighted by Crippen LogP contribution is -2.40. The van der Waals surface area contributed by atoms with Gasteiger partial charge in [-0.25, -0.2) is 0 Å². The number of hydrogen-bond acceptors (Lipinski definition) is 5. The number of nitrogens with one attached hydrogen (secondary N) is 1. The lowest BCUT2D eigenvalue weighted by Gasteiger charge is -2.22. The third-order valence-electron chi connectivity index (χ3n) is 6.87. The molecule has 6 heteroatoms. The second-order valence-electron chi connectivity index (χ2n) is 11.2. The van der Waals surface area contributed by atoms with Crippen LogP contribution in [0.25, 0.3) is 0 Å². The molecule has 0 saturated carbocycles. The van der Waals surface area contributed by atoms with Crippen LogP contribution in [0.5, 0.6) is 0 Å². The molecule has 0 spiro atoms. The second kappa shape index (κ2) is 21.1. The highest BCUT2D eigenvalue weighted by atomic mass is 16.6. The van der Waals surface area contributed by atoms with Crippen LogP contribution in [0.2, 0.25) is 0 Å². The zero-order valence-corrected chi connectivity index (χ0v) is 25.2. The molecule has 0 aromatic heterocycles. The van der Waals surface area contributed by atoms with Crippen molar-refractivity contribution in [2.24, 2.45) is 17.8 Å². The number of allylic oxidation sites excluding steroid dienone is 5. The molecule has 6 nitrogen and oxygen atoms in total. The molecule has 0 aromatic rings. The van der Waals surface area contributed by atoms with Crippen molar-refractivity contribution < 1.29 is 24.9 Å². The summed E-state index contributed by atoms with van der Waals surface area (Å²) >= 11 is 0. The van der Waals surface area contributed by atoms with Gasteiger partial charge in [0.15, 0.2) is 0 Å². The number of aliphatic carboxylic acids is 1. The van der Waals surface area contributed by atoms with Gasteiger partial charge in [0.1, 0.15) is 0 Å². The molecular weight excluding hydrogens is 478 g/mol. The average Bonchev–Trinajstić information content (AvgIpc) is 3.61. The molecule has 1 saturated heterocycles. The largest absolute Gasteiger partial charge is 0.481 e. The van der Waals surface area contributed by atoms with Crippen LogP contribution in [0.4, 0.5) is 0 Å². The number of aliphatic hydroxyl groups is 2. The molecule has 4 N–H and O–H groups in total. The Morgan fingerprint density at radius 2 is 1.79 bits per heavy atom. The number of aliphatic hydroxyl groups excluding tert-OH is 2. The summed E-state index contributed by atoms with van der Waals surface area (Å²) in [6, 6.07) is 0.308. The fraction of sp³-hybridized carbons (Fsp3) is 0.719. The van der Waals surface area contributed by atoms with Crippen LogP contribution in [0.1, 0.15) is 92.9 Å². The van der Waals surface area contributed by atoms with Crippen LogP contribution in [-0.2, 0) is 9.53 Å². The first-order valence-electron chi connectivity index (χ1n) is 14.4. The molecule has 1 aliphatic rings. The molecule has 0 radical (unpaired) electrons. The van der Waals surface area contributed by atoms with Gasteiger partial charge in [0.05, 0.1) is 24.7 Å². The van der Waals surface area contributed by atoms with Crippen molar-refractivity contribution in [2.45, 2.75) is 117 Å². The predicted molar refractivity (Wildman–Crippen MR) is 159 cm³/mol. The Balaban J connectivity index is 0.00000667. The third-order valence-corrected chi connectivity index (χ3v) is 6.87. The summed E-state index contributed by atoms with van der Waals surface area (Å²) < 4.78 is 6.03. The number of rotatable bonds is 20. The van der Waals surface area contributed by atoms with Crippen LogP contribution < -0.4 is 5.32 Å². The first-order valence-corrected chi connectivity index (χ1v) is 14.4. The van der Waals surface area contributed by atoms with Gasteiger partial charge in [0, 0.05) is 19.7 Å². The Bertz CT molecular complexity index is 744. The van der Waals surface area contributed by atoms with E-state index in [4.69, 9.17) is 14.9 Å². The third kappa shape index (κ3) is 17.7. The maximum absolute atomic E-state index is 10.6. The van der Waals surface area contributed by atoms with E-state index in [0.29, 0.717) is 42.4 Å². The molecule has 220 valence electrons. The maximum atomic E-state index is 10.6. The summed E-state index contributed by atoms with van der Waals surface area (Å²) in [6.45, 7) is 18.0. The van der Waals surface area contributed by atoms with Crippen molar-refractivity contribution in [3.63, 3.8) is 0 Å². The molecule has 0 aliphatic carbocycles. The Kier molecular flexibility index (Phi) is 20.2. The molecule has 0 amide bonds.